The molecule has 4 fully saturated rings. The van der Waals surface area contributed by atoms with Gasteiger partial charge in [0.1, 0.15) is 0 Å². The SMILES string of the molecule is C[Si](C)(C)C1([Si](C)(C)C)c2cc3cc(N(c4ccc(C5CCCCC5)cc4)c4ccc(C5CCCCC5)cc4)ccc3cc2-c2c1c1ccc(N(c3ccc(C4CCCCC4)cc3)c3ccc(C4CCCCC4)cc3)cc1c1ccccc21. The number of fused-ring (bicyclic) bond motifs is 9. The maximum absolute atomic E-state index is 2.71. The Morgan fingerprint density at radius 1 is 0.313 bits per heavy atom. The van der Waals surface area contributed by atoms with Crippen LogP contribution in [0.5, 0.6) is 0 Å². The summed E-state index contributed by atoms with van der Waals surface area (Å²) in [6, 6.07) is 68.9. The first-order valence-electron chi connectivity index (χ1n) is 33.0. The van der Waals surface area contributed by atoms with E-state index in [9.17, 15) is 0 Å². The van der Waals surface area contributed by atoms with Gasteiger partial charge in [0.05, 0.1) is 16.1 Å². The van der Waals surface area contributed by atoms with Gasteiger partial charge in [-0.25, -0.2) is 0 Å². The van der Waals surface area contributed by atoms with Gasteiger partial charge in [0, 0.05) is 38.8 Å². The minimum atomic E-state index is -2.12. The first-order valence-corrected chi connectivity index (χ1v) is 40.0. The van der Waals surface area contributed by atoms with Crippen LogP contribution in [0, 0.1) is 0 Å². The van der Waals surface area contributed by atoms with Crippen LogP contribution in [-0.4, -0.2) is 16.1 Å². The summed E-state index contributed by atoms with van der Waals surface area (Å²) >= 11 is 0. The smallest absolute Gasteiger partial charge is 0.0579 e. The lowest BCUT2D eigenvalue weighted by molar-refractivity contribution is 0.443. The van der Waals surface area contributed by atoms with E-state index in [1.807, 2.05) is 0 Å². The Hall–Kier alpha value is -6.21. The fraction of sp³-hybridized carbons (Fsp3) is 0.392. The second kappa shape index (κ2) is 22.3. The van der Waals surface area contributed by atoms with Crippen LogP contribution < -0.4 is 9.80 Å². The van der Waals surface area contributed by atoms with Crippen LogP contribution in [0.25, 0.3) is 43.4 Å². The Bertz CT molecular complexity index is 3640. The molecule has 0 aromatic heterocycles. The van der Waals surface area contributed by atoms with E-state index < -0.39 is 16.1 Å². The third-order valence-corrected chi connectivity index (χ3v) is 31.7. The van der Waals surface area contributed by atoms with Crippen molar-refractivity contribution in [2.45, 2.75) is 196 Å². The lowest BCUT2D eigenvalue weighted by Crippen LogP contribution is -2.63. The van der Waals surface area contributed by atoms with Gasteiger partial charge >= 0.3 is 0 Å². The van der Waals surface area contributed by atoms with Crippen LogP contribution in [0.2, 0.25) is 39.3 Å². The highest BCUT2D eigenvalue weighted by molar-refractivity contribution is 7.00. The summed E-state index contributed by atoms with van der Waals surface area (Å²) in [6.07, 6.45) is 26.9. The van der Waals surface area contributed by atoms with Crippen molar-refractivity contribution in [3.05, 3.63) is 203 Å². The first-order chi connectivity index (χ1) is 40.4. The highest BCUT2D eigenvalue weighted by Gasteiger charge is 2.60. The van der Waals surface area contributed by atoms with Gasteiger partial charge in [0.25, 0.3) is 0 Å². The quantitative estimate of drug-likeness (QED) is 0.0889. The van der Waals surface area contributed by atoms with Crippen molar-refractivity contribution < 1.29 is 0 Å². The molecule has 0 aliphatic heterocycles. The van der Waals surface area contributed by atoms with Crippen LogP contribution in [0.3, 0.4) is 0 Å². The van der Waals surface area contributed by atoms with Crippen LogP contribution >= 0.6 is 0 Å². The minimum Gasteiger partial charge on any atom is -0.310 e. The van der Waals surface area contributed by atoms with Crippen molar-refractivity contribution in [2.24, 2.45) is 0 Å². The van der Waals surface area contributed by atoms with E-state index in [4.69, 9.17) is 0 Å². The molecule has 0 spiro atoms. The summed E-state index contributed by atoms with van der Waals surface area (Å²) in [5.74, 6) is 2.71. The second-order valence-electron chi connectivity index (χ2n) is 28.6. The number of benzene rings is 9. The van der Waals surface area contributed by atoms with Gasteiger partial charge in [0.2, 0.25) is 0 Å². The topological polar surface area (TPSA) is 6.48 Å². The first kappa shape index (κ1) is 54.7. The Morgan fingerprint density at radius 3 is 1.07 bits per heavy atom. The van der Waals surface area contributed by atoms with E-state index >= 15 is 0 Å². The molecule has 0 radical (unpaired) electrons. The minimum absolute atomic E-state index is 0.0775. The molecule has 4 heteroatoms. The van der Waals surface area contributed by atoms with Crippen LogP contribution in [-0.2, 0) is 4.66 Å². The standard InChI is InChI=1S/C79H90N2Si2/c1-82(2,3)79(83(4,5)6)76-53-64-51-69(80(65-40-31-59(32-41-65)55-21-11-7-12-22-55)66-42-33-60(34-43-66)56-23-13-8-14-24-56)48-39-63(64)52-75(76)77-72-30-20-19-29-71(72)74-54-70(49-50-73(74)78(77)79)81(67-44-35-61(36-45-67)57-25-15-9-16-26-57)68-46-37-62(38-47-68)58-27-17-10-18-28-58/h19-20,29-58H,7-18,21-28H2,1-6H3. The molecule has 2 nitrogen and oxygen atoms in total. The van der Waals surface area contributed by atoms with Crippen molar-refractivity contribution in [1.82, 2.24) is 0 Å². The molecule has 5 aliphatic carbocycles. The number of anilines is 6. The molecule has 0 unspecified atom stereocenters. The molecular weight excluding hydrogens is 1030 g/mol. The third kappa shape index (κ3) is 9.84. The van der Waals surface area contributed by atoms with Gasteiger partial charge in [-0.3, -0.25) is 0 Å². The molecule has 5 aliphatic rings. The highest BCUT2D eigenvalue weighted by Crippen LogP contribution is 2.63. The van der Waals surface area contributed by atoms with Gasteiger partial charge in [-0.2, -0.15) is 0 Å². The molecule has 9 aromatic carbocycles. The summed E-state index contributed by atoms with van der Waals surface area (Å²) < 4.78 is -0.0775. The van der Waals surface area contributed by atoms with E-state index in [-0.39, 0.29) is 4.66 Å². The molecule has 9 aromatic rings. The Labute approximate surface area is 499 Å². The molecule has 14 rings (SSSR count). The largest absolute Gasteiger partial charge is 0.310 e. The van der Waals surface area contributed by atoms with Crippen molar-refractivity contribution in [3.8, 4) is 11.1 Å². The predicted molar refractivity (Wildman–Crippen MR) is 365 cm³/mol. The summed E-state index contributed by atoms with van der Waals surface area (Å²) in [7, 11) is -4.25. The van der Waals surface area contributed by atoms with E-state index in [2.05, 4.69) is 219 Å². The van der Waals surface area contributed by atoms with E-state index in [0.717, 1.165) is 0 Å². The van der Waals surface area contributed by atoms with Crippen molar-refractivity contribution in [3.63, 3.8) is 0 Å². The van der Waals surface area contributed by atoms with E-state index in [1.165, 1.54) is 228 Å². The molecule has 0 N–H and O–H groups in total. The zero-order valence-corrected chi connectivity index (χ0v) is 53.0. The van der Waals surface area contributed by atoms with Crippen LogP contribution in [0.15, 0.2) is 170 Å². The lowest BCUT2D eigenvalue weighted by atomic mass is 9.84. The van der Waals surface area contributed by atoms with Gasteiger partial charge in [-0.15, -0.1) is 0 Å². The number of nitrogens with zero attached hydrogens (tertiary/aromatic N) is 2. The molecule has 0 atom stereocenters. The van der Waals surface area contributed by atoms with E-state index in [0.29, 0.717) is 23.7 Å². The molecule has 4 saturated carbocycles. The summed E-state index contributed by atoms with van der Waals surface area (Å²) in [6.45, 7) is 16.2. The van der Waals surface area contributed by atoms with Crippen molar-refractivity contribution in [1.29, 1.82) is 0 Å². The molecule has 0 heterocycles. The normalized spacial score (nSPS) is 18.4. The van der Waals surface area contributed by atoms with Crippen LogP contribution in [0.1, 0.15) is 185 Å². The molecule has 0 bridgehead atoms. The predicted octanol–water partition coefficient (Wildman–Crippen LogP) is 24.3. The fourth-order valence-electron chi connectivity index (χ4n) is 18.0. The third-order valence-electron chi connectivity index (χ3n) is 21.7. The van der Waals surface area contributed by atoms with Crippen LogP contribution in [0.4, 0.5) is 34.1 Å². The molecule has 0 saturated heterocycles. The average Bonchev–Trinajstić information content (AvgIpc) is 1.57. The summed E-state index contributed by atoms with van der Waals surface area (Å²) in [5.41, 5.74) is 19.6. The number of hydrogen-bond donors (Lipinski definition) is 0. The molecule has 83 heavy (non-hydrogen) atoms. The highest BCUT2D eigenvalue weighted by atomic mass is 28.4. The molecule has 424 valence electrons. The second-order valence-corrected chi connectivity index (χ2v) is 39.6. The Kier molecular flexibility index (Phi) is 14.7. The van der Waals surface area contributed by atoms with Crippen molar-refractivity contribution >= 4 is 82.6 Å². The zero-order chi connectivity index (χ0) is 56.5. The van der Waals surface area contributed by atoms with Crippen molar-refractivity contribution in [2.75, 3.05) is 9.80 Å². The number of hydrogen-bond acceptors (Lipinski definition) is 2. The number of rotatable bonds is 12. The van der Waals surface area contributed by atoms with E-state index in [1.54, 1.807) is 11.1 Å². The average molecular weight is 1120 g/mol. The lowest BCUT2D eigenvalue weighted by Gasteiger charge is -2.51. The van der Waals surface area contributed by atoms with Gasteiger partial charge in [0.15, 0.2) is 0 Å². The Balaban J connectivity index is 0.923. The summed E-state index contributed by atoms with van der Waals surface area (Å²) in [5, 5.41) is 8.22. The summed E-state index contributed by atoms with van der Waals surface area (Å²) in [4.78, 5) is 5.12. The molecular formula is C79H90N2Si2. The maximum atomic E-state index is 2.71. The Morgan fingerprint density at radius 2 is 0.675 bits per heavy atom. The fourth-order valence-corrected chi connectivity index (χ4v) is 31.0. The zero-order valence-electron chi connectivity index (χ0n) is 51.0. The molecule has 0 amide bonds. The monoisotopic (exact) mass is 1120 g/mol. The van der Waals surface area contributed by atoms with Gasteiger partial charge in [-0.05, 0) is 231 Å². The van der Waals surface area contributed by atoms with Gasteiger partial charge in [-0.1, -0.05) is 207 Å². The maximum Gasteiger partial charge on any atom is 0.0579 e. The van der Waals surface area contributed by atoms with Gasteiger partial charge < -0.3 is 9.80 Å².